The van der Waals surface area contributed by atoms with Gasteiger partial charge in [-0.15, -0.1) is 0 Å². The van der Waals surface area contributed by atoms with Crippen molar-refractivity contribution in [3.8, 4) is 0 Å². The second kappa shape index (κ2) is 5.93. The number of nitrogens with zero attached hydrogens (tertiary/aromatic N) is 2. The van der Waals surface area contributed by atoms with Crippen LogP contribution in [0.15, 0.2) is 42.6 Å². The smallest absolute Gasteiger partial charge is 0.245 e. The summed E-state index contributed by atoms with van der Waals surface area (Å²) in [5.41, 5.74) is 1.82. The number of rotatable bonds is 3. The van der Waals surface area contributed by atoms with Crippen molar-refractivity contribution < 1.29 is 14.0 Å². The number of carbonyl (C=O) groups is 2. The molecule has 0 aliphatic carbocycles. The molecule has 1 aromatic carbocycles. The molecule has 1 aliphatic heterocycles. The van der Waals surface area contributed by atoms with Gasteiger partial charge in [0.25, 0.3) is 0 Å². The number of fused-ring (bicyclic) bond motifs is 1. The number of pyridine rings is 1. The van der Waals surface area contributed by atoms with Crippen LogP contribution in [-0.4, -0.2) is 23.3 Å². The summed E-state index contributed by atoms with van der Waals surface area (Å²) in [5.74, 6) is -0.674. The molecule has 1 aromatic heterocycles. The molecule has 2 heterocycles. The van der Waals surface area contributed by atoms with Crippen molar-refractivity contribution >= 4 is 23.3 Å². The highest BCUT2D eigenvalue weighted by Crippen LogP contribution is 2.27. The maximum absolute atomic E-state index is 12.8. The van der Waals surface area contributed by atoms with E-state index in [1.54, 1.807) is 0 Å². The average molecular weight is 299 g/mol. The van der Waals surface area contributed by atoms with Gasteiger partial charge in [-0.25, -0.2) is 9.37 Å². The molecule has 0 saturated carbocycles. The van der Waals surface area contributed by atoms with Crippen LogP contribution in [0.3, 0.4) is 0 Å². The van der Waals surface area contributed by atoms with Gasteiger partial charge >= 0.3 is 0 Å². The molecule has 3 rings (SSSR count). The lowest BCUT2D eigenvalue weighted by molar-refractivity contribution is -0.121. The zero-order valence-electron chi connectivity index (χ0n) is 11.8. The first-order valence-electron chi connectivity index (χ1n) is 6.93. The summed E-state index contributed by atoms with van der Waals surface area (Å²) in [5, 5.41) is 2.56. The Morgan fingerprint density at radius 1 is 1.23 bits per heavy atom. The fourth-order valence-corrected chi connectivity index (χ4v) is 2.45. The predicted octanol–water partition coefficient (Wildman–Crippen LogP) is 2.14. The van der Waals surface area contributed by atoms with Crippen molar-refractivity contribution in [3.63, 3.8) is 0 Å². The maximum atomic E-state index is 12.8. The summed E-state index contributed by atoms with van der Waals surface area (Å²) in [6.07, 6.45) is 2.10. The summed E-state index contributed by atoms with van der Waals surface area (Å²) < 4.78 is 12.8. The van der Waals surface area contributed by atoms with Gasteiger partial charge in [0.2, 0.25) is 11.8 Å². The van der Waals surface area contributed by atoms with Gasteiger partial charge < -0.3 is 10.2 Å². The Kier molecular flexibility index (Phi) is 3.82. The van der Waals surface area contributed by atoms with Crippen LogP contribution in [0.25, 0.3) is 0 Å². The Bertz CT molecular complexity index is 716. The Morgan fingerprint density at radius 3 is 2.82 bits per heavy atom. The van der Waals surface area contributed by atoms with E-state index in [1.165, 1.54) is 17.0 Å². The van der Waals surface area contributed by atoms with E-state index >= 15 is 0 Å². The summed E-state index contributed by atoms with van der Waals surface area (Å²) in [4.78, 5) is 29.4. The second-order valence-electron chi connectivity index (χ2n) is 5.02. The molecular weight excluding hydrogens is 285 g/mol. The highest BCUT2D eigenvalue weighted by Gasteiger charge is 2.25. The van der Waals surface area contributed by atoms with E-state index in [-0.39, 0.29) is 24.2 Å². The molecule has 0 radical (unpaired) electrons. The predicted molar refractivity (Wildman–Crippen MR) is 79.9 cm³/mol. The van der Waals surface area contributed by atoms with Gasteiger partial charge in [0.1, 0.15) is 18.2 Å². The van der Waals surface area contributed by atoms with Gasteiger partial charge in [-0.1, -0.05) is 18.2 Å². The van der Waals surface area contributed by atoms with Crippen LogP contribution in [0.1, 0.15) is 12.0 Å². The summed E-state index contributed by atoms with van der Waals surface area (Å²) in [6, 6.07) is 10.1. The Hall–Kier alpha value is -2.76. The lowest BCUT2D eigenvalue weighted by Crippen LogP contribution is -2.40. The van der Waals surface area contributed by atoms with E-state index in [9.17, 15) is 14.0 Å². The number of para-hydroxylation sites is 1. The van der Waals surface area contributed by atoms with Crippen molar-refractivity contribution in [1.29, 1.82) is 0 Å². The number of hydrogen-bond donors (Lipinski definition) is 1. The zero-order chi connectivity index (χ0) is 15.5. The minimum absolute atomic E-state index is 0.0825. The van der Waals surface area contributed by atoms with Crippen LogP contribution in [0, 0.1) is 5.82 Å². The molecule has 0 atom stereocenters. The first-order chi connectivity index (χ1) is 10.6. The summed E-state index contributed by atoms with van der Waals surface area (Å²) in [7, 11) is 0. The molecule has 2 aromatic rings. The fourth-order valence-electron chi connectivity index (χ4n) is 2.45. The van der Waals surface area contributed by atoms with Gasteiger partial charge in [0.15, 0.2) is 0 Å². The lowest BCUT2D eigenvalue weighted by Gasteiger charge is -2.28. The van der Waals surface area contributed by atoms with Crippen molar-refractivity contribution in [2.24, 2.45) is 0 Å². The average Bonchev–Trinajstić information content (AvgIpc) is 2.52. The number of carbonyl (C=O) groups excluding carboxylic acids is 2. The third-order valence-electron chi connectivity index (χ3n) is 3.49. The molecule has 0 saturated heterocycles. The van der Waals surface area contributed by atoms with E-state index in [1.807, 2.05) is 24.3 Å². The number of nitrogens with one attached hydrogen (secondary N) is 1. The molecular formula is C16H14FN3O2. The first-order valence-corrected chi connectivity index (χ1v) is 6.93. The Balaban J connectivity index is 1.73. The van der Waals surface area contributed by atoms with Crippen LogP contribution in [-0.2, 0) is 16.0 Å². The number of aromatic nitrogens is 1. The monoisotopic (exact) mass is 299 g/mol. The Morgan fingerprint density at radius 2 is 2.05 bits per heavy atom. The third-order valence-corrected chi connectivity index (χ3v) is 3.49. The second-order valence-corrected chi connectivity index (χ2v) is 5.02. The highest BCUT2D eigenvalue weighted by molar-refractivity contribution is 6.03. The fraction of sp³-hybridized carbons (Fsp3) is 0.188. The minimum Gasteiger partial charge on any atom is -0.309 e. The molecule has 0 fully saturated rings. The normalized spacial score (nSPS) is 13.7. The molecule has 2 amide bonds. The quantitative estimate of drug-likeness (QED) is 0.944. The topological polar surface area (TPSA) is 62.3 Å². The minimum atomic E-state index is -0.474. The number of anilines is 2. The third kappa shape index (κ3) is 2.95. The molecule has 112 valence electrons. The van der Waals surface area contributed by atoms with Crippen LogP contribution >= 0.6 is 0 Å². The standard InChI is InChI=1S/C16H14FN3O2/c17-12-6-7-14(18-9-12)19-15(21)10-20-13-4-2-1-3-11(13)5-8-16(20)22/h1-4,6-7,9H,5,8,10H2,(H,18,19,21). The maximum Gasteiger partial charge on any atom is 0.245 e. The largest absolute Gasteiger partial charge is 0.309 e. The number of aryl methyl sites for hydroxylation is 1. The summed E-state index contributed by atoms with van der Waals surface area (Å²) >= 11 is 0. The molecule has 6 heteroatoms. The number of benzene rings is 1. The van der Waals surface area contributed by atoms with E-state index in [4.69, 9.17) is 0 Å². The van der Waals surface area contributed by atoms with Gasteiger partial charge in [0.05, 0.1) is 6.20 Å². The highest BCUT2D eigenvalue weighted by atomic mass is 19.1. The van der Waals surface area contributed by atoms with Crippen molar-refractivity contribution in [1.82, 2.24) is 4.98 Å². The van der Waals surface area contributed by atoms with E-state index in [0.717, 1.165) is 17.4 Å². The molecule has 5 nitrogen and oxygen atoms in total. The van der Waals surface area contributed by atoms with E-state index < -0.39 is 5.82 Å². The SMILES string of the molecule is O=C(CN1C(=O)CCc2ccccc21)Nc1ccc(F)cn1. The van der Waals surface area contributed by atoms with Gasteiger partial charge in [-0.2, -0.15) is 0 Å². The van der Waals surface area contributed by atoms with Gasteiger partial charge in [0, 0.05) is 12.1 Å². The van der Waals surface area contributed by atoms with Crippen LogP contribution < -0.4 is 10.2 Å². The number of halogens is 1. The zero-order valence-corrected chi connectivity index (χ0v) is 11.8. The molecule has 0 unspecified atom stereocenters. The van der Waals surface area contributed by atoms with Crippen LogP contribution in [0.2, 0.25) is 0 Å². The number of amides is 2. The molecule has 0 spiro atoms. The van der Waals surface area contributed by atoms with E-state index in [0.29, 0.717) is 12.8 Å². The lowest BCUT2D eigenvalue weighted by atomic mass is 10.0. The van der Waals surface area contributed by atoms with Crippen molar-refractivity contribution in [3.05, 3.63) is 54.0 Å². The summed E-state index contributed by atoms with van der Waals surface area (Å²) in [6.45, 7) is -0.0884. The molecule has 0 bridgehead atoms. The van der Waals surface area contributed by atoms with Crippen LogP contribution in [0.4, 0.5) is 15.9 Å². The molecule has 1 N–H and O–H groups in total. The molecule has 22 heavy (non-hydrogen) atoms. The van der Waals surface area contributed by atoms with Gasteiger partial charge in [-0.3, -0.25) is 9.59 Å². The first kappa shape index (κ1) is 14.2. The molecule has 1 aliphatic rings. The van der Waals surface area contributed by atoms with Crippen molar-refractivity contribution in [2.45, 2.75) is 12.8 Å². The van der Waals surface area contributed by atoms with E-state index in [2.05, 4.69) is 10.3 Å². The van der Waals surface area contributed by atoms with Crippen molar-refractivity contribution in [2.75, 3.05) is 16.8 Å². The Labute approximate surface area is 126 Å². The number of hydrogen-bond acceptors (Lipinski definition) is 3. The van der Waals surface area contributed by atoms with Crippen LogP contribution in [0.5, 0.6) is 0 Å². The van der Waals surface area contributed by atoms with Gasteiger partial charge in [-0.05, 0) is 30.2 Å².